The molecule has 18 heavy (non-hydrogen) atoms. The van der Waals surface area contributed by atoms with Crippen molar-refractivity contribution in [3.63, 3.8) is 0 Å². The number of hydrogen-bond donors (Lipinski definition) is 0. The Morgan fingerprint density at radius 1 is 1.33 bits per heavy atom. The van der Waals surface area contributed by atoms with Gasteiger partial charge >= 0.3 is 5.97 Å². The maximum absolute atomic E-state index is 11.8. The number of hydrogen-bond acceptors (Lipinski definition) is 3. The molecule has 100 valence electrons. The van der Waals surface area contributed by atoms with Crippen LogP contribution in [0.15, 0.2) is 24.3 Å². The Morgan fingerprint density at radius 3 is 2.39 bits per heavy atom. The van der Waals surface area contributed by atoms with Gasteiger partial charge in [0.25, 0.3) is 0 Å². The summed E-state index contributed by atoms with van der Waals surface area (Å²) in [4.78, 5) is 11.5. The lowest BCUT2D eigenvalue weighted by atomic mass is 10.2. The number of halogens is 1. The van der Waals surface area contributed by atoms with Gasteiger partial charge in [-0.15, -0.1) is 0 Å². The van der Waals surface area contributed by atoms with Crippen molar-refractivity contribution in [2.24, 2.45) is 0 Å². The molecule has 0 saturated carbocycles. The molecular formula is C13H17ClO3S. The molecule has 0 aliphatic rings. The van der Waals surface area contributed by atoms with Crippen LogP contribution in [0.3, 0.4) is 0 Å². The van der Waals surface area contributed by atoms with Gasteiger partial charge in [-0.05, 0) is 44.1 Å². The first-order chi connectivity index (χ1) is 8.26. The lowest BCUT2D eigenvalue weighted by Gasteiger charge is -2.20. The lowest BCUT2D eigenvalue weighted by Crippen LogP contribution is -2.29. The summed E-state index contributed by atoms with van der Waals surface area (Å²) in [6, 6.07) is 7.08. The van der Waals surface area contributed by atoms with Crippen molar-refractivity contribution in [1.29, 1.82) is 0 Å². The second-order valence-electron chi connectivity index (χ2n) is 4.94. The van der Waals surface area contributed by atoms with Gasteiger partial charge in [-0.3, -0.25) is 0 Å². The lowest BCUT2D eigenvalue weighted by molar-refractivity contribution is -0.151. The van der Waals surface area contributed by atoms with Crippen LogP contribution < -0.4 is 0 Å². The fraction of sp³-hybridized carbons (Fsp3) is 0.462. The number of benzene rings is 1. The summed E-state index contributed by atoms with van der Waals surface area (Å²) in [5.41, 5.74) is 0.350. The van der Waals surface area contributed by atoms with Gasteiger partial charge in [0.2, 0.25) is 5.75 Å². The number of rotatable bonds is 4. The first-order valence-electron chi connectivity index (χ1n) is 5.57. The summed E-state index contributed by atoms with van der Waals surface area (Å²) >= 11 is 4.50. The average molecular weight is 289 g/mol. The molecule has 0 N–H and O–H groups in total. The monoisotopic (exact) mass is 288 g/mol. The van der Waals surface area contributed by atoms with Crippen LogP contribution in [0.25, 0.3) is 0 Å². The van der Waals surface area contributed by atoms with Crippen LogP contribution in [0.5, 0.6) is 0 Å². The predicted molar refractivity (Wildman–Crippen MR) is 74.0 cm³/mol. The Bertz CT molecular complexity index is 398. The van der Waals surface area contributed by atoms with Crippen molar-refractivity contribution in [2.45, 2.75) is 32.1 Å². The van der Waals surface area contributed by atoms with Crippen LogP contribution in [0, 0.1) is 0 Å². The van der Waals surface area contributed by atoms with E-state index >= 15 is 0 Å². The average Bonchev–Trinajstić information content (AvgIpc) is 2.18. The van der Waals surface area contributed by atoms with Crippen molar-refractivity contribution < 1.29 is 14.1 Å². The third-order valence-corrected chi connectivity index (χ3v) is 3.40. The molecule has 0 bridgehead atoms. The van der Waals surface area contributed by atoms with E-state index in [1.807, 2.05) is 0 Å². The highest BCUT2D eigenvalue weighted by atomic mass is 35.5. The van der Waals surface area contributed by atoms with Gasteiger partial charge in [0, 0.05) is 10.6 Å². The van der Waals surface area contributed by atoms with Crippen molar-refractivity contribution in [1.82, 2.24) is 0 Å². The molecule has 0 aliphatic heterocycles. The molecular weight excluding hydrogens is 272 g/mol. The molecule has 0 aromatic heterocycles. The van der Waals surface area contributed by atoms with Crippen LogP contribution in [-0.4, -0.2) is 21.9 Å². The van der Waals surface area contributed by atoms with E-state index in [4.69, 9.17) is 16.3 Å². The zero-order valence-corrected chi connectivity index (χ0v) is 12.3. The smallest absolute Gasteiger partial charge is 0.356 e. The molecule has 1 atom stereocenters. The summed E-state index contributed by atoms with van der Waals surface area (Å²) in [5.74, 6) is -0.189. The molecule has 1 rings (SSSR count). The molecule has 0 fully saturated rings. The Balaban J connectivity index is 2.44. The number of carbonyl (C=O) groups excluding carboxylic acids is 1. The fourth-order valence-corrected chi connectivity index (χ4v) is 2.43. The summed E-state index contributed by atoms with van der Waals surface area (Å²) in [6.07, 6.45) is 0. The molecule has 0 radical (unpaired) electrons. The summed E-state index contributed by atoms with van der Waals surface area (Å²) in [6.45, 7) is 5.35. The zero-order valence-electron chi connectivity index (χ0n) is 10.7. The standard InChI is InChI=1S/C13H17ClO3S/c1-13(2,3)17-12(15)9-18(16)8-10-4-6-11(14)7-5-10/h4-7H,8-9H2,1-3H3. The second-order valence-corrected chi connectivity index (χ2v) is 6.83. The van der Waals surface area contributed by atoms with E-state index in [0.717, 1.165) is 5.56 Å². The molecule has 1 aromatic rings. The highest BCUT2D eigenvalue weighted by molar-refractivity contribution is 7.91. The summed E-state index contributed by atoms with van der Waals surface area (Å²) < 4.78 is 16.9. The molecule has 0 saturated heterocycles. The van der Waals surface area contributed by atoms with Crippen molar-refractivity contribution >= 4 is 28.7 Å². The Labute approximate surface area is 116 Å². The highest BCUT2D eigenvalue weighted by Gasteiger charge is 2.21. The minimum atomic E-state index is -1.26. The van der Waals surface area contributed by atoms with Crippen molar-refractivity contribution in [3.05, 3.63) is 34.9 Å². The second kappa shape index (κ2) is 6.45. The third-order valence-electron chi connectivity index (χ3n) is 1.94. The number of ether oxygens (including phenoxy) is 1. The van der Waals surface area contributed by atoms with E-state index in [1.165, 1.54) is 0 Å². The van der Waals surface area contributed by atoms with Crippen LogP contribution >= 0.6 is 11.6 Å². The van der Waals surface area contributed by atoms with Gasteiger partial charge in [-0.1, -0.05) is 23.7 Å². The molecule has 3 nitrogen and oxygen atoms in total. The van der Waals surface area contributed by atoms with Crippen molar-refractivity contribution in [3.8, 4) is 0 Å². The summed E-state index contributed by atoms with van der Waals surface area (Å²) in [5, 5.41) is 0.636. The van der Waals surface area contributed by atoms with Crippen molar-refractivity contribution in [2.75, 3.05) is 5.75 Å². The van der Waals surface area contributed by atoms with E-state index in [-0.39, 0.29) is 5.75 Å². The summed E-state index contributed by atoms with van der Waals surface area (Å²) in [7, 11) is 0. The van der Waals surface area contributed by atoms with Gasteiger partial charge in [0.1, 0.15) is 11.4 Å². The van der Waals surface area contributed by atoms with E-state index in [1.54, 1.807) is 45.0 Å². The Kier molecular flexibility index (Phi) is 5.50. The first-order valence-corrected chi connectivity index (χ1v) is 7.44. The number of esters is 1. The van der Waals surface area contributed by atoms with Crippen LogP contribution in [0.2, 0.25) is 5.02 Å². The first kappa shape index (κ1) is 15.3. The molecule has 1 unspecified atom stereocenters. The Hall–Kier alpha value is -0.710. The van der Waals surface area contributed by atoms with Crippen LogP contribution in [0.4, 0.5) is 0 Å². The van der Waals surface area contributed by atoms with Gasteiger partial charge < -0.3 is 9.29 Å². The SMILES string of the molecule is CC(C)(C)OC(=O)C[S+]([O-])Cc1ccc(Cl)cc1. The molecule has 0 heterocycles. The van der Waals surface area contributed by atoms with E-state index in [2.05, 4.69) is 0 Å². The zero-order chi connectivity index (χ0) is 13.8. The highest BCUT2D eigenvalue weighted by Crippen LogP contribution is 2.13. The van der Waals surface area contributed by atoms with Gasteiger partial charge in [-0.2, -0.15) is 0 Å². The molecule has 0 spiro atoms. The van der Waals surface area contributed by atoms with Gasteiger partial charge in [0.15, 0.2) is 0 Å². The van der Waals surface area contributed by atoms with Crippen LogP contribution in [0.1, 0.15) is 26.3 Å². The molecule has 0 aliphatic carbocycles. The molecule has 0 amide bonds. The normalized spacial score (nSPS) is 13.2. The largest absolute Gasteiger partial charge is 0.616 e. The Morgan fingerprint density at radius 2 is 1.89 bits per heavy atom. The maximum atomic E-state index is 11.8. The topological polar surface area (TPSA) is 49.4 Å². The molecule has 1 aromatic carbocycles. The minimum Gasteiger partial charge on any atom is -0.616 e. The molecule has 5 heteroatoms. The van der Waals surface area contributed by atoms with Crippen LogP contribution in [-0.2, 0) is 26.5 Å². The number of carbonyl (C=O) groups is 1. The quantitative estimate of drug-likeness (QED) is 0.632. The van der Waals surface area contributed by atoms with Gasteiger partial charge in [-0.25, -0.2) is 4.79 Å². The van der Waals surface area contributed by atoms with E-state index < -0.39 is 22.7 Å². The van der Waals surface area contributed by atoms with E-state index in [0.29, 0.717) is 10.8 Å². The van der Waals surface area contributed by atoms with E-state index in [9.17, 15) is 9.35 Å². The van der Waals surface area contributed by atoms with Gasteiger partial charge in [0.05, 0.1) is 0 Å². The fourth-order valence-electron chi connectivity index (χ4n) is 1.32. The maximum Gasteiger partial charge on any atom is 0.356 e. The third kappa shape index (κ3) is 6.28. The predicted octanol–water partition coefficient (Wildman–Crippen LogP) is 2.93. The minimum absolute atomic E-state index is 0.0834.